The van der Waals surface area contributed by atoms with Crippen LogP contribution in [-0.4, -0.2) is 40.2 Å². The lowest BCUT2D eigenvalue weighted by atomic mass is 10.0. The summed E-state index contributed by atoms with van der Waals surface area (Å²) in [5.41, 5.74) is 1.67. The third-order valence-electron chi connectivity index (χ3n) is 5.47. The highest BCUT2D eigenvalue weighted by Gasteiger charge is 2.33. The summed E-state index contributed by atoms with van der Waals surface area (Å²) >= 11 is 1.24. The molecule has 160 valence electrons. The SMILES string of the molecule is CC1CCCCN1C(=O)CSC1=N/C(=C\c2ccccc2)C(=O)N1c1ccc(F)cc1. The van der Waals surface area contributed by atoms with E-state index < -0.39 is 0 Å². The van der Waals surface area contributed by atoms with Gasteiger partial charge in [-0.3, -0.25) is 14.5 Å². The summed E-state index contributed by atoms with van der Waals surface area (Å²) in [6.45, 7) is 2.84. The Morgan fingerprint density at radius 1 is 1.16 bits per heavy atom. The molecule has 0 saturated carbocycles. The molecule has 5 nitrogen and oxygen atoms in total. The first-order chi connectivity index (χ1) is 15.0. The number of piperidine rings is 1. The van der Waals surface area contributed by atoms with E-state index in [9.17, 15) is 14.0 Å². The van der Waals surface area contributed by atoms with E-state index in [-0.39, 0.29) is 35.1 Å². The van der Waals surface area contributed by atoms with Gasteiger partial charge in [-0.2, -0.15) is 0 Å². The van der Waals surface area contributed by atoms with E-state index in [1.54, 1.807) is 18.2 Å². The summed E-state index contributed by atoms with van der Waals surface area (Å²) < 4.78 is 13.4. The molecular weight excluding hydrogens is 413 g/mol. The smallest absolute Gasteiger partial charge is 0.283 e. The van der Waals surface area contributed by atoms with E-state index in [1.165, 1.54) is 28.8 Å². The number of hydrogen-bond acceptors (Lipinski definition) is 4. The Bertz CT molecular complexity index is 1020. The Morgan fingerprint density at radius 2 is 1.90 bits per heavy atom. The van der Waals surface area contributed by atoms with Crippen LogP contribution in [0.25, 0.3) is 6.08 Å². The van der Waals surface area contributed by atoms with Crippen LogP contribution in [0.4, 0.5) is 10.1 Å². The third kappa shape index (κ3) is 4.88. The van der Waals surface area contributed by atoms with Crippen molar-refractivity contribution in [2.75, 3.05) is 17.2 Å². The van der Waals surface area contributed by atoms with Gasteiger partial charge in [-0.25, -0.2) is 9.38 Å². The molecule has 2 aliphatic heterocycles. The van der Waals surface area contributed by atoms with Crippen LogP contribution in [0, 0.1) is 5.82 Å². The lowest BCUT2D eigenvalue weighted by Crippen LogP contribution is -2.43. The van der Waals surface area contributed by atoms with Crippen LogP contribution in [0.2, 0.25) is 0 Å². The molecule has 0 N–H and O–H groups in total. The number of carbonyl (C=O) groups excluding carboxylic acids is 2. The molecule has 2 heterocycles. The average Bonchev–Trinajstić information content (AvgIpc) is 3.09. The lowest BCUT2D eigenvalue weighted by molar-refractivity contribution is -0.131. The molecule has 0 radical (unpaired) electrons. The number of nitrogens with zero attached hydrogens (tertiary/aromatic N) is 3. The number of rotatable bonds is 4. The normalized spacial score (nSPS) is 20.3. The average molecular weight is 438 g/mol. The second-order valence-electron chi connectivity index (χ2n) is 7.67. The van der Waals surface area contributed by atoms with Crippen molar-refractivity contribution in [3.63, 3.8) is 0 Å². The molecule has 0 aromatic heterocycles. The monoisotopic (exact) mass is 437 g/mol. The molecule has 4 rings (SSSR count). The van der Waals surface area contributed by atoms with Crippen molar-refractivity contribution >= 4 is 40.5 Å². The standard InChI is InChI=1S/C24H24FN3O2S/c1-17-7-5-6-14-27(17)22(29)16-31-24-26-21(15-18-8-3-2-4-9-18)23(30)28(24)20-12-10-19(25)11-13-20/h2-4,8-13,15,17H,5-7,14,16H2,1H3/b21-15-. The number of carbonyl (C=O) groups is 2. The molecule has 2 aromatic rings. The Labute approximate surface area is 185 Å². The maximum Gasteiger partial charge on any atom is 0.283 e. The molecule has 1 saturated heterocycles. The number of likely N-dealkylation sites (tertiary alicyclic amines) is 1. The maximum atomic E-state index is 13.4. The zero-order valence-electron chi connectivity index (χ0n) is 17.3. The zero-order valence-corrected chi connectivity index (χ0v) is 18.1. The van der Waals surface area contributed by atoms with E-state index in [0.29, 0.717) is 10.9 Å². The van der Waals surface area contributed by atoms with Gasteiger partial charge in [-0.1, -0.05) is 42.1 Å². The maximum absolute atomic E-state index is 13.4. The summed E-state index contributed by atoms with van der Waals surface area (Å²) in [5, 5.41) is 0.428. The number of amides is 2. The Hall–Kier alpha value is -2.93. The second-order valence-corrected chi connectivity index (χ2v) is 8.61. The van der Waals surface area contributed by atoms with Crippen LogP contribution in [-0.2, 0) is 9.59 Å². The molecule has 2 aromatic carbocycles. The van der Waals surface area contributed by atoms with Gasteiger partial charge in [0.05, 0.1) is 11.4 Å². The highest BCUT2D eigenvalue weighted by Crippen LogP contribution is 2.30. The highest BCUT2D eigenvalue weighted by atomic mass is 32.2. The minimum Gasteiger partial charge on any atom is -0.339 e. The molecule has 1 atom stereocenters. The largest absolute Gasteiger partial charge is 0.339 e. The summed E-state index contributed by atoms with van der Waals surface area (Å²) in [4.78, 5) is 33.8. The van der Waals surface area contributed by atoms with Crippen molar-refractivity contribution in [1.29, 1.82) is 0 Å². The molecule has 0 bridgehead atoms. The summed E-state index contributed by atoms with van der Waals surface area (Å²) in [5.74, 6) is -0.424. The molecule has 31 heavy (non-hydrogen) atoms. The van der Waals surface area contributed by atoms with E-state index in [2.05, 4.69) is 11.9 Å². The first-order valence-electron chi connectivity index (χ1n) is 10.4. The Kier molecular flexibility index (Phi) is 6.51. The molecule has 2 aliphatic rings. The van der Waals surface area contributed by atoms with Crippen LogP contribution < -0.4 is 4.90 Å². The predicted molar refractivity (Wildman–Crippen MR) is 123 cm³/mol. The van der Waals surface area contributed by atoms with Crippen molar-refractivity contribution in [2.45, 2.75) is 32.2 Å². The number of benzene rings is 2. The number of thioether (sulfide) groups is 1. The predicted octanol–water partition coefficient (Wildman–Crippen LogP) is 4.70. The molecular formula is C24H24FN3O2S. The van der Waals surface area contributed by atoms with Gasteiger partial charge in [-0.05, 0) is 62.1 Å². The fourth-order valence-corrected chi connectivity index (χ4v) is 4.69. The van der Waals surface area contributed by atoms with E-state index in [4.69, 9.17) is 0 Å². The highest BCUT2D eigenvalue weighted by molar-refractivity contribution is 8.14. The number of anilines is 1. The van der Waals surface area contributed by atoms with Crippen LogP contribution in [0.3, 0.4) is 0 Å². The van der Waals surface area contributed by atoms with E-state index in [1.807, 2.05) is 35.2 Å². The number of amidine groups is 1. The van der Waals surface area contributed by atoms with Crippen molar-refractivity contribution in [3.05, 3.63) is 71.7 Å². The van der Waals surface area contributed by atoms with Gasteiger partial charge in [0, 0.05) is 12.6 Å². The summed E-state index contributed by atoms with van der Waals surface area (Å²) in [6.07, 6.45) is 4.90. The fourth-order valence-electron chi connectivity index (χ4n) is 3.80. The fraction of sp³-hybridized carbons (Fsp3) is 0.292. The van der Waals surface area contributed by atoms with Gasteiger partial charge in [-0.15, -0.1) is 0 Å². The van der Waals surface area contributed by atoms with Crippen LogP contribution in [0.5, 0.6) is 0 Å². The molecule has 7 heteroatoms. The van der Waals surface area contributed by atoms with Crippen molar-refractivity contribution < 1.29 is 14.0 Å². The van der Waals surface area contributed by atoms with Crippen LogP contribution in [0.1, 0.15) is 31.7 Å². The quantitative estimate of drug-likeness (QED) is 0.652. The minimum absolute atomic E-state index is 0.0481. The molecule has 2 amide bonds. The van der Waals surface area contributed by atoms with Gasteiger partial charge in [0.1, 0.15) is 11.5 Å². The molecule has 0 spiro atoms. The zero-order chi connectivity index (χ0) is 21.8. The van der Waals surface area contributed by atoms with Gasteiger partial charge in [0.2, 0.25) is 5.91 Å². The topological polar surface area (TPSA) is 53.0 Å². The number of aliphatic imine (C=N–C) groups is 1. The second kappa shape index (κ2) is 9.47. The van der Waals surface area contributed by atoms with Gasteiger partial charge in [0.25, 0.3) is 5.91 Å². The molecule has 1 unspecified atom stereocenters. The molecule has 1 fully saturated rings. The Balaban J connectivity index is 1.58. The van der Waals surface area contributed by atoms with Gasteiger partial charge >= 0.3 is 0 Å². The molecule has 0 aliphatic carbocycles. The van der Waals surface area contributed by atoms with Gasteiger partial charge < -0.3 is 4.90 Å². The van der Waals surface area contributed by atoms with Gasteiger partial charge in [0.15, 0.2) is 5.17 Å². The third-order valence-corrected chi connectivity index (χ3v) is 6.39. The minimum atomic E-state index is -0.379. The van der Waals surface area contributed by atoms with E-state index in [0.717, 1.165) is 31.4 Å². The van der Waals surface area contributed by atoms with E-state index >= 15 is 0 Å². The van der Waals surface area contributed by atoms with Crippen molar-refractivity contribution in [1.82, 2.24) is 4.90 Å². The summed E-state index contributed by atoms with van der Waals surface area (Å²) in [7, 11) is 0. The van der Waals surface area contributed by atoms with Crippen molar-refractivity contribution in [2.24, 2.45) is 4.99 Å². The number of hydrogen-bond donors (Lipinski definition) is 0. The van der Waals surface area contributed by atoms with Crippen LogP contribution in [0.15, 0.2) is 65.3 Å². The lowest BCUT2D eigenvalue weighted by Gasteiger charge is -2.33. The van der Waals surface area contributed by atoms with Crippen molar-refractivity contribution in [3.8, 4) is 0 Å². The number of halogens is 1. The Morgan fingerprint density at radius 3 is 2.61 bits per heavy atom. The summed E-state index contributed by atoms with van der Waals surface area (Å²) in [6, 6.07) is 15.4. The first-order valence-corrected chi connectivity index (χ1v) is 11.4. The first kappa shape index (κ1) is 21.3. The van der Waals surface area contributed by atoms with Crippen LogP contribution >= 0.6 is 11.8 Å².